The molecule has 0 saturated carbocycles. The number of aromatic nitrogens is 4. The molecular weight excluding hydrogens is 258 g/mol. The summed E-state index contributed by atoms with van der Waals surface area (Å²) in [7, 11) is 1.62. The lowest BCUT2D eigenvalue weighted by atomic mass is 10.2. The lowest BCUT2D eigenvalue weighted by Gasteiger charge is -2.03. The van der Waals surface area contributed by atoms with E-state index in [1.165, 1.54) is 16.9 Å². The van der Waals surface area contributed by atoms with E-state index in [4.69, 9.17) is 22.1 Å². The van der Waals surface area contributed by atoms with Gasteiger partial charge in [-0.1, -0.05) is 11.6 Å². The SMILES string of the molecule is Cn1nnc(COC(=O)c2cc(N)cc(Cl)c2)n1. The van der Waals surface area contributed by atoms with Gasteiger partial charge in [0.25, 0.3) is 0 Å². The Bertz CT molecular complexity index is 563. The van der Waals surface area contributed by atoms with E-state index in [2.05, 4.69) is 15.4 Å². The molecule has 94 valence electrons. The van der Waals surface area contributed by atoms with Crippen molar-refractivity contribution < 1.29 is 9.53 Å². The lowest BCUT2D eigenvalue weighted by Crippen LogP contribution is -2.07. The molecule has 2 N–H and O–H groups in total. The summed E-state index contributed by atoms with van der Waals surface area (Å²) in [5.41, 5.74) is 6.25. The van der Waals surface area contributed by atoms with Gasteiger partial charge in [0.15, 0.2) is 6.61 Å². The van der Waals surface area contributed by atoms with Crippen LogP contribution in [0.2, 0.25) is 5.02 Å². The maximum atomic E-state index is 11.7. The summed E-state index contributed by atoms with van der Waals surface area (Å²) >= 11 is 5.79. The summed E-state index contributed by atoms with van der Waals surface area (Å²) in [6, 6.07) is 4.51. The second-order valence-electron chi connectivity index (χ2n) is 3.54. The fourth-order valence-electron chi connectivity index (χ4n) is 1.32. The summed E-state index contributed by atoms with van der Waals surface area (Å²) in [4.78, 5) is 13.0. The van der Waals surface area contributed by atoms with Crippen molar-refractivity contribution in [1.82, 2.24) is 20.2 Å². The van der Waals surface area contributed by atoms with E-state index in [-0.39, 0.29) is 12.2 Å². The summed E-state index contributed by atoms with van der Waals surface area (Å²) in [6.07, 6.45) is 0. The number of aryl methyl sites for hydroxylation is 1. The fourth-order valence-corrected chi connectivity index (χ4v) is 1.57. The molecule has 0 unspecified atom stereocenters. The highest BCUT2D eigenvalue weighted by molar-refractivity contribution is 6.31. The average Bonchev–Trinajstić information content (AvgIpc) is 2.70. The number of hydrogen-bond acceptors (Lipinski definition) is 6. The van der Waals surface area contributed by atoms with Gasteiger partial charge in [-0.15, -0.1) is 10.2 Å². The molecule has 0 radical (unpaired) electrons. The van der Waals surface area contributed by atoms with Crippen molar-refractivity contribution in [3.8, 4) is 0 Å². The Hall–Kier alpha value is -2.15. The van der Waals surface area contributed by atoms with Gasteiger partial charge >= 0.3 is 5.97 Å². The van der Waals surface area contributed by atoms with Crippen LogP contribution in [-0.2, 0) is 18.4 Å². The normalized spacial score (nSPS) is 10.3. The predicted molar refractivity (Wildman–Crippen MR) is 63.8 cm³/mol. The topological polar surface area (TPSA) is 95.9 Å². The van der Waals surface area contributed by atoms with Crippen LogP contribution in [0.15, 0.2) is 18.2 Å². The van der Waals surface area contributed by atoms with Crippen molar-refractivity contribution in [2.45, 2.75) is 6.61 Å². The molecule has 1 aromatic carbocycles. The second kappa shape index (κ2) is 5.01. The van der Waals surface area contributed by atoms with E-state index in [1.807, 2.05) is 0 Å². The van der Waals surface area contributed by atoms with Gasteiger partial charge in [0.2, 0.25) is 5.82 Å². The van der Waals surface area contributed by atoms with Crippen LogP contribution in [0.3, 0.4) is 0 Å². The fraction of sp³-hybridized carbons (Fsp3) is 0.200. The Labute approximate surface area is 107 Å². The molecule has 0 bridgehead atoms. The molecule has 0 aliphatic carbocycles. The predicted octanol–water partition coefficient (Wildman–Crippen LogP) is 0.803. The number of tetrazole rings is 1. The minimum absolute atomic E-state index is 0.0565. The number of anilines is 1. The molecule has 1 aromatic heterocycles. The zero-order valence-corrected chi connectivity index (χ0v) is 10.3. The Morgan fingerprint density at radius 3 is 2.89 bits per heavy atom. The highest BCUT2D eigenvalue weighted by Crippen LogP contribution is 2.17. The number of nitrogens with two attached hydrogens (primary N) is 1. The van der Waals surface area contributed by atoms with Crippen LogP contribution in [-0.4, -0.2) is 26.2 Å². The van der Waals surface area contributed by atoms with Crippen LogP contribution in [0, 0.1) is 0 Å². The lowest BCUT2D eigenvalue weighted by molar-refractivity contribution is 0.0462. The molecule has 7 nitrogen and oxygen atoms in total. The Kier molecular flexibility index (Phi) is 3.42. The van der Waals surface area contributed by atoms with Gasteiger partial charge < -0.3 is 10.5 Å². The largest absolute Gasteiger partial charge is 0.454 e. The van der Waals surface area contributed by atoms with Crippen molar-refractivity contribution in [2.75, 3.05) is 5.73 Å². The van der Waals surface area contributed by atoms with Gasteiger partial charge in [-0.2, -0.15) is 4.80 Å². The second-order valence-corrected chi connectivity index (χ2v) is 3.98. The summed E-state index contributed by atoms with van der Waals surface area (Å²) < 4.78 is 5.01. The average molecular weight is 268 g/mol. The first-order chi connectivity index (χ1) is 8.54. The number of nitrogens with zero attached hydrogens (tertiary/aromatic N) is 4. The van der Waals surface area contributed by atoms with Gasteiger partial charge in [-0.3, -0.25) is 0 Å². The number of ether oxygens (including phenoxy) is 1. The highest BCUT2D eigenvalue weighted by Gasteiger charge is 2.11. The van der Waals surface area contributed by atoms with Crippen molar-refractivity contribution in [1.29, 1.82) is 0 Å². The molecule has 0 aliphatic rings. The molecule has 0 fully saturated rings. The van der Waals surface area contributed by atoms with Crippen molar-refractivity contribution in [3.05, 3.63) is 34.6 Å². The zero-order valence-electron chi connectivity index (χ0n) is 9.50. The number of benzene rings is 1. The third-order valence-electron chi connectivity index (χ3n) is 2.04. The molecule has 1 heterocycles. The highest BCUT2D eigenvalue weighted by atomic mass is 35.5. The van der Waals surface area contributed by atoms with Gasteiger partial charge in [0.05, 0.1) is 12.6 Å². The number of carbonyl (C=O) groups is 1. The third kappa shape index (κ3) is 2.95. The monoisotopic (exact) mass is 267 g/mol. The molecule has 0 spiro atoms. The number of halogens is 1. The number of hydrogen-bond donors (Lipinski definition) is 1. The van der Waals surface area contributed by atoms with Gasteiger partial charge in [0, 0.05) is 10.7 Å². The molecule has 0 aliphatic heterocycles. The molecule has 0 amide bonds. The van der Waals surface area contributed by atoms with Crippen molar-refractivity contribution in [2.24, 2.45) is 7.05 Å². The number of rotatable bonds is 3. The molecule has 0 atom stereocenters. The Morgan fingerprint density at radius 2 is 2.28 bits per heavy atom. The van der Waals surface area contributed by atoms with Crippen molar-refractivity contribution in [3.63, 3.8) is 0 Å². The first kappa shape index (κ1) is 12.3. The van der Waals surface area contributed by atoms with Crippen molar-refractivity contribution >= 4 is 23.3 Å². The minimum Gasteiger partial charge on any atom is -0.454 e. The molecule has 8 heteroatoms. The van der Waals surface area contributed by atoms with Gasteiger partial charge in [-0.05, 0) is 23.4 Å². The van der Waals surface area contributed by atoms with Crippen LogP contribution < -0.4 is 5.73 Å². The van der Waals surface area contributed by atoms with Crippen LogP contribution in [0.5, 0.6) is 0 Å². The smallest absolute Gasteiger partial charge is 0.338 e. The standard InChI is InChI=1S/C10H10ClN5O2/c1-16-14-9(13-15-16)5-18-10(17)6-2-7(11)4-8(12)3-6/h2-4H,5,12H2,1H3. The number of nitrogen functional groups attached to an aromatic ring is 1. The third-order valence-corrected chi connectivity index (χ3v) is 2.26. The summed E-state index contributed by atoms with van der Waals surface area (Å²) in [5, 5.41) is 11.6. The maximum Gasteiger partial charge on any atom is 0.338 e. The molecule has 0 saturated heterocycles. The van der Waals surface area contributed by atoms with E-state index in [1.54, 1.807) is 13.1 Å². The van der Waals surface area contributed by atoms with E-state index in [0.29, 0.717) is 16.5 Å². The van der Waals surface area contributed by atoms with Crippen LogP contribution >= 0.6 is 11.6 Å². The maximum absolute atomic E-state index is 11.7. The first-order valence-electron chi connectivity index (χ1n) is 5.00. The first-order valence-corrected chi connectivity index (χ1v) is 5.38. The molecule has 2 rings (SSSR count). The molecule has 2 aromatic rings. The van der Waals surface area contributed by atoms with Crippen LogP contribution in [0.25, 0.3) is 0 Å². The van der Waals surface area contributed by atoms with E-state index in [9.17, 15) is 4.79 Å². The zero-order chi connectivity index (χ0) is 13.1. The molecule has 18 heavy (non-hydrogen) atoms. The van der Waals surface area contributed by atoms with E-state index >= 15 is 0 Å². The summed E-state index contributed by atoms with van der Waals surface area (Å²) in [5.74, 6) is -0.225. The molecular formula is C10H10ClN5O2. The van der Waals surface area contributed by atoms with Gasteiger partial charge in [0.1, 0.15) is 0 Å². The quantitative estimate of drug-likeness (QED) is 0.653. The Balaban J connectivity index is 2.03. The van der Waals surface area contributed by atoms with Gasteiger partial charge in [-0.25, -0.2) is 4.79 Å². The number of esters is 1. The van der Waals surface area contributed by atoms with Crippen LogP contribution in [0.4, 0.5) is 5.69 Å². The summed E-state index contributed by atoms with van der Waals surface area (Å²) in [6.45, 7) is -0.0565. The van der Waals surface area contributed by atoms with Crippen LogP contribution in [0.1, 0.15) is 16.2 Å². The van der Waals surface area contributed by atoms with E-state index in [0.717, 1.165) is 0 Å². The number of carbonyl (C=O) groups excluding carboxylic acids is 1. The van der Waals surface area contributed by atoms with E-state index < -0.39 is 5.97 Å². The Morgan fingerprint density at radius 1 is 1.50 bits per heavy atom. The minimum atomic E-state index is -0.545.